The first-order chi connectivity index (χ1) is 13.0. The van der Waals surface area contributed by atoms with Gasteiger partial charge in [0.25, 0.3) is 0 Å². The summed E-state index contributed by atoms with van der Waals surface area (Å²) in [4.78, 5) is 23.0. The number of carboxylic acids is 2. The minimum absolute atomic E-state index is 0.414. The topological polar surface area (TPSA) is 74.6 Å². The standard InChI is InChI=1S/C23H38O4/c24-20(25)22(16-10-11-17-22)14-8-6-4-2-1-3-5-7-9-15-23(21(26)27)18-12-13-19-23/h1-2H,3-19H2,(H,24,25)(H,26,27)/b2-1-. The average molecular weight is 379 g/mol. The summed E-state index contributed by atoms with van der Waals surface area (Å²) in [6.45, 7) is 0. The van der Waals surface area contributed by atoms with Gasteiger partial charge >= 0.3 is 11.9 Å². The Bertz CT molecular complexity index is 497. The quantitative estimate of drug-likeness (QED) is 0.289. The molecule has 0 aliphatic heterocycles. The fourth-order valence-corrected chi connectivity index (χ4v) is 5.11. The van der Waals surface area contributed by atoms with E-state index in [-0.39, 0.29) is 0 Å². The summed E-state index contributed by atoms with van der Waals surface area (Å²) >= 11 is 0. The molecule has 4 nitrogen and oxygen atoms in total. The third-order valence-corrected chi connectivity index (χ3v) is 7.00. The van der Waals surface area contributed by atoms with Crippen molar-refractivity contribution >= 4 is 11.9 Å². The number of allylic oxidation sites excluding steroid dienone is 2. The smallest absolute Gasteiger partial charge is 0.309 e. The van der Waals surface area contributed by atoms with Gasteiger partial charge in [-0.3, -0.25) is 9.59 Å². The van der Waals surface area contributed by atoms with Gasteiger partial charge in [-0.15, -0.1) is 0 Å². The Balaban J connectivity index is 1.48. The predicted molar refractivity (Wildman–Crippen MR) is 108 cm³/mol. The molecule has 0 spiro atoms. The highest BCUT2D eigenvalue weighted by Crippen LogP contribution is 2.43. The molecule has 2 aliphatic carbocycles. The number of aliphatic carboxylic acids is 2. The summed E-state index contributed by atoms with van der Waals surface area (Å²) < 4.78 is 0. The van der Waals surface area contributed by atoms with Gasteiger partial charge in [-0.1, -0.05) is 57.1 Å². The van der Waals surface area contributed by atoms with E-state index in [2.05, 4.69) is 12.2 Å². The lowest BCUT2D eigenvalue weighted by atomic mass is 9.81. The minimum Gasteiger partial charge on any atom is -0.481 e. The monoisotopic (exact) mass is 378 g/mol. The fraction of sp³-hybridized carbons (Fsp3) is 0.826. The second kappa shape index (κ2) is 10.9. The molecule has 2 fully saturated rings. The summed E-state index contributed by atoms with van der Waals surface area (Å²) in [5.41, 5.74) is -0.835. The number of rotatable bonds is 13. The van der Waals surface area contributed by atoms with E-state index in [4.69, 9.17) is 0 Å². The van der Waals surface area contributed by atoms with Gasteiger partial charge in [-0.25, -0.2) is 0 Å². The molecule has 27 heavy (non-hydrogen) atoms. The van der Waals surface area contributed by atoms with E-state index in [0.717, 1.165) is 109 Å². The van der Waals surface area contributed by atoms with Crippen molar-refractivity contribution < 1.29 is 19.8 Å². The zero-order valence-corrected chi connectivity index (χ0v) is 16.9. The Kier molecular flexibility index (Phi) is 8.85. The highest BCUT2D eigenvalue weighted by atomic mass is 16.4. The van der Waals surface area contributed by atoms with Crippen molar-refractivity contribution in [1.29, 1.82) is 0 Å². The number of carboxylic acid groups (broad SMARTS) is 2. The van der Waals surface area contributed by atoms with Crippen LogP contribution in [0, 0.1) is 10.8 Å². The Morgan fingerprint density at radius 2 is 1.00 bits per heavy atom. The predicted octanol–water partition coefficient (Wildman–Crippen LogP) is 6.34. The summed E-state index contributed by atoms with van der Waals surface area (Å²) in [6.07, 6.45) is 21.4. The molecule has 4 heteroatoms. The summed E-state index contributed by atoms with van der Waals surface area (Å²) in [7, 11) is 0. The van der Waals surface area contributed by atoms with E-state index in [0.29, 0.717) is 0 Å². The van der Waals surface area contributed by atoms with Crippen molar-refractivity contribution in [2.45, 2.75) is 109 Å². The van der Waals surface area contributed by atoms with Crippen molar-refractivity contribution in [3.05, 3.63) is 12.2 Å². The van der Waals surface area contributed by atoms with Gasteiger partial charge in [0.05, 0.1) is 10.8 Å². The molecule has 2 N–H and O–H groups in total. The fourth-order valence-electron chi connectivity index (χ4n) is 5.11. The third kappa shape index (κ3) is 6.36. The first-order valence-electron chi connectivity index (χ1n) is 11.1. The Morgan fingerprint density at radius 3 is 1.41 bits per heavy atom. The highest BCUT2D eigenvalue weighted by molar-refractivity contribution is 5.75. The van der Waals surface area contributed by atoms with Crippen LogP contribution >= 0.6 is 0 Å². The molecule has 0 aromatic rings. The van der Waals surface area contributed by atoms with Gasteiger partial charge in [0.15, 0.2) is 0 Å². The number of carbonyl (C=O) groups is 2. The molecular formula is C23H38O4. The molecule has 0 aromatic carbocycles. The van der Waals surface area contributed by atoms with Crippen LogP contribution in [0.5, 0.6) is 0 Å². The van der Waals surface area contributed by atoms with Gasteiger partial charge in [0.1, 0.15) is 0 Å². The highest BCUT2D eigenvalue weighted by Gasteiger charge is 2.41. The normalized spacial score (nSPS) is 21.0. The average Bonchev–Trinajstić information content (AvgIpc) is 3.30. The second-order valence-corrected chi connectivity index (χ2v) is 8.90. The minimum atomic E-state index is -0.585. The number of unbranched alkanes of at least 4 members (excludes halogenated alkanes) is 5. The Labute approximate surface area is 164 Å². The molecule has 0 atom stereocenters. The van der Waals surface area contributed by atoms with Crippen molar-refractivity contribution in [2.75, 3.05) is 0 Å². The van der Waals surface area contributed by atoms with Gasteiger partial charge in [0.2, 0.25) is 0 Å². The molecule has 154 valence electrons. The summed E-state index contributed by atoms with van der Waals surface area (Å²) in [6, 6.07) is 0. The maximum absolute atomic E-state index is 11.5. The van der Waals surface area contributed by atoms with Crippen LogP contribution in [0.2, 0.25) is 0 Å². The van der Waals surface area contributed by atoms with E-state index in [1.54, 1.807) is 0 Å². The Hall–Kier alpha value is -1.32. The van der Waals surface area contributed by atoms with Crippen LogP contribution in [0.4, 0.5) is 0 Å². The van der Waals surface area contributed by atoms with Crippen molar-refractivity contribution in [1.82, 2.24) is 0 Å². The van der Waals surface area contributed by atoms with E-state index in [1.165, 1.54) is 0 Å². The van der Waals surface area contributed by atoms with Gasteiger partial charge < -0.3 is 10.2 Å². The van der Waals surface area contributed by atoms with Gasteiger partial charge in [-0.05, 0) is 64.2 Å². The summed E-state index contributed by atoms with van der Waals surface area (Å²) in [5.74, 6) is -1.17. The van der Waals surface area contributed by atoms with Crippen molar-refractivity contribution in [3.8, 4) is 0 Å². The molecule has 0 heterocycles. The largest absolute Gasteiger partial charge is 0.481 e. The maximum Gasteiger partial charge on any atom is 0.309 e. The SMILES string of the molecule is O=C(O)C1(CCCC/C=C\CCCCCC2(C(=O)O)CCCC2)CCCC1. The van der Waals surface area contributed by atoms with Crippen LogP contribution in [-0.2, 0) is 9.59 Å². The molecule has 0 radical (unpaired) electrons. The Morgan fingerprint density at radius 1 is 0.630 bits per heavy atom. The first-order valence-corrected chi connectivity index (χ1v) is 11.1. The molecule has 0 saturated heterocycles. The molecule has 0 unspecified atom stereocenters. The van der Waals surface area contributed by atoms with Gasteiger partial charge in [-0.2, -0.15) is 0 Å². The maximum atomic E-state index is 11.5. The van der Waals surface area contributed by atoms with E-state index in [9.17, 15) is 19.8 Å². The molecule has 0 amide bonds. The van der Waals surface area contributed by atoms with Crippen LogP contribution in [-0.4, -0.2) is 22.2 Å². The van der Waals surface area contributed by atoms with Crippen molar-refractivity contribution in [2.24, 2.45) is 10.8 Å². The lowest BCUT2D eigenvalue weighted by molar-refractivity contribution is -0.150. The lowest BCUT2D eigenvalue weighted by Gasteiger charge is -2.23. The van der Waals surface area contributed by atoms with Crippen LogP contribution in [0.15, 0.2) is 12.2 Å². The van der Waals surface area contributed by atoms with E-state index >= 15 is 0 Å². The number of hydrogen-bond donors (Lipinski definition) is 2. The van der Waals surface area contributed by atoms with Crippen LogP contribution in [0.3, 0.4) is 0 Å². The molecule has 2 rings (SSSR count). The second-order valence-electron chi connectivity index (χ2n) is 8.90. The first kappa shape index (κ1) is 22.0. The lowest BCUT2D eigenvalue weighted by Crippen LogP contribution is -2.27. The van der Waals surface area contributed by atoms with Crippen molar-refractivity contribution in [3.63, 3.8) is 0 Å². The summed E-state index contributed by atoms with van der Waals surface area (Å²) in [5, 5.41) is 19.0. The van der Waals surface area contributed by atoms with Crippen LogP contribution in [0.1, 0.15) is 109 Å². The van der Waals surface area contributed by atoms with Gasteiger partial charge in [0, 0.05) is 0 Å². The zero-order chi connectivity index (χ0) is 19.6. The number of hydrogen-bond acceptors (Lipinski definition) is 2. The van der Waals surface area contributed by atoms with E-state index in [1.807, 2.05) is 0 Å². The molecule has 2 saturated carbocycles. The molecule has 0 bridgehead atoms. The van der Waals surface area contributed by atoms with E-state index < -0.39 is 22.8 Å². The molecule has 0 aromatic heterocycles. The molecular weight excluding hydrogens is 340 g/mol. The van der Waals surface area contributed by atoms with Crippen LogP contribution in [0.25, 0.3) is 0 Å². The van der Waals surface area contributed by atoms with Crippen LogP contribution < -0.4 is 0 Å². The molecule has 2 aliphatic rings. The zero-order valence-electron chi connectivity index (χ0n) is 16.9. The third-order valence-electron chi connectivity index (χ3n) is 7.00.